The first-order valence-electron chi connectivity index (χ1n) is 4.38. The van der Waals surface area contributed by atoms with Gasteiger partial charge in [-0.3, -0.25) is 20.6 Å². The lowest BCUT2D eigenvalue weighted by molar-refractivity contribution is -0.299. The van der Waals surface area contributed by atoms with Crippen molar-refractivity contribution in [2.24, 2.45) is 0 Å². The third-order valence-corrected chi connectivity index (χ3v) is 1.68. The zero-order chi connectivity index (χ0) is 12.1. The van der Waals surface area contributed by atoms with Crippen LogP contribution < -0.4 is 21.5 Å². The van der Waals surface area contributed by atoms with Crippen molar-refractivity contribution in [1.82, 2.24) is 20.6 Å². The van der Waals surface area contributed by atoms with E-state index in [4.69, 9.17) is 0 Å². The molecule has 0 aromatic carbocycles. The van der Waals surface area contributed by atoms with Crippen LogP contribution in [-0.4, -0.2) is 21.2 Å². The van der Waals surface area contributed by atoms with E-state index in [9.17, 15) is 14.7 Å². The summed E-state index contributed by atoms with van der Waals surface area (Å²) in [6.45, 7) is 3.02. The number of carbonyl (C=O) groups is 1. The van der Waals surface area contributed by atoms with Gasteiger partial charge in [0, 0.05) is 0 Å². The summed E-state index contributed by atoms with van der Waals surface area (Å²) in [5.41, 5.74) is 4.32. The van der Waals surface area contributed by atoms with Gasteiger partial charge in [-0.2, -0.15) is 0 Å². The maximum atomic E-state index is 11.1. The van der Waals surface area contributed by atoms with E-state index in [-0.39, 0.29) is 17.3 Å². The summed E-state index contributed by atoms with van der Waals surface area (Å²) in [6, 6.07) is 0. The number of rotatable bonds is 4. The van der Waals surface area contributed by atoms with Crippen LogP contribution in [-0.2, 0) is 4.79 Å². The number of hydrazine groups is 1. The number of carboxylic acids is 1. The highest BCUT2D eigenvalue weighted by atomic mass is 16.4. The molecule has 0 aliphatic heterocycles. The second-order valence-electron chi connectivity index (χ2n) is 2.83. The Labute approximate surface area is 90.4 Å². The Bertz CT molecular complexity index is 479. The molecule has 16 heavy (non-hydrogen) atoms. The lowest BCUT2D eigenvalue weighted by Crippen LogP contribution is -2.36. The number of nitrogens with zero attached hydrogens (tertiary/aromatic N) is 2. The molecule has 3 N–H and O–H groups in total. The Morgan fingerprint density at radius 2 is 2.19 bits per heavy atom. The first-order valence-corrected chi connectivity index (χ1v) is 4.38. The second kappa shape index (κ2) is 4.91. The van der Waals surface area contributed by atoms with E-state index >= 15 is 0 Å². The summed E-state index contributed by atoms with van der Waals surface area (Å²) in [7, 11) is 0. The molecule has 1 aromatic rings. The van der Waals surface area contributed by atoms with Crippen molar-refractivity contribution in [3.05, 3.63) is 27.8 Å². The normalized spacial score (nSPS) is 11.0. The summed E-state index contributed by atoms with van der Waals surface area (Å²) in [6.07, 6.45) is 1.29. The summed E-state index contributed by atoms with van der Waals surface area (Å²) in [4.78, 5) is 24.0. The van der Waals surface area contributed by atoms with Crippen LogP contribution in [0, 0.1) is 6.92 Å². The summed E-state index contributed by atoms with van der Waals surface area (Å²) < 4.78 is 0. The van der Waals surface area contributed by atoms with Gasteiger partial charge < -0.3 is 9.90 Å². The lowest BCUT2D eigenvalue weighted by Gasteiger charge is -2.11. The lowest BCUT2D eigenvalue weighted by atomic mass is 10.4. The minimum atomic E-state index is -1.38. The number of aryl methyl sites for hydroxylation is 1. The topological polar surface area (TPSA) is 123 Å². The predicted octanol–water partition coefficient (Wildman–Crippen LogP) is -1.96. The molecule has 1 aromatic heterocycles. The molecule has 8 heteroatoms. The van der Waals surface area contributed by atoms with Crippen LogP contribution in [0.25, 0.3) is 0 Å². The van der Waals surface area contributed by atoms with Crippen LogP contribution in [0.3, 0.4) is 0 Å². The molecule has 0 aliphatic carbocycles. The highest BCUT2D eigenvalue weighted by molar-refractivity contribution is 5.83. The number of H-pyrrole nitrogens is 1. The number of carbonyl (C=O) groups excluding carboxylic acids is 1. The number of hydrogen-bond donors (Lipinski definition) is 3. The number of aromatic amines is 1. The van der Waals surface area contributed by atoms with Crippen LogP contribution in [0.5, 0.6) is 0 Å². The van der Waals surface area contributed by atoms with Gasteiger partial charge in [-0.15, -0.1) is 10.2 Å². The van der Waals surface area contributed by atoms with E-state index in [0.717, 1.165) is 0 Å². The third-order valence-electron chi connectivity index (χ3n) is 1.68. The zero-order valence-corrected chi connectivity index (χ0v) is 8.70. The number of aromatic nitrogens is 3. The molecular formula is C8H10N5O3-. The molecule has 0 unspecified atom stereocenters. The smallest absolute Gasteiger partial charge is 0.274 e. The van der Waals surface area contributed by atoms with E-state index in [1.807, 2.05) is 0 Å². The number of allylic oxidation sites excluding steroid dienone is 1. The maximum absolute atomic E-state index is 11.1. The molecule has 0 saturated carbocycles. The van der Waals surface area contributed by atoms with Crippen molar-refractivity contribution >= 4 is 11.9 Å². The van der Waals surface area contributed by atoms with Crippen LogP contribution in [0.15, 0.2) is 16.6 Å². The third kappa shape index (κ3) is 2.80. The van der Waals surface area contributed by atoms with Crippen LogP contribution in [0.2, 0.25) is 0 Å². The highest BCUT2D eigenvalue weighted by Gasteiger charge is 2.00. The minimum Gasteiger partial charge on any atom is -0.543 e. The summed E-state index contributed by atoms with van der Waals surface area (Å²) in [5.74, 6) is -1.37. The second-order valence-corrected chi connectivity index (χ2v) is 2.83. The molecule has 0 radical (unpaired) electrons. The Morgan fingerprint density at radius 1 is 1.50 bits per heavy atom. The SMILES string of the molecule is CC=C(NNc1nnc(C)c(=O)[nH]1)C(=O)[O-]. The van der Waals surface area contributed by atoms with Crippen LogP contribution >= 0.6 is 0 Å². The average molecular weight is 224 g/mol. The van der Waals surface area contributed by atoms with Gasteiger partial charge in [0.15, 0.2) is 0 Å². The minimum absolute atomic E-state index is 0.0104. The fourth-order valence-electron chi connectivity index (χ4n) is 0.817. The molecule has 8 nitrogen and oxygen atoms in total. The molecule has 1 heterocycles. The highest BCUT2D eigenvalue weighted by Crippen LogP contribution is 1.91. The molecule has 0 fully saturated rings. The van der Waals surface area contributed by atoms with Crippen molar-refractivity contribution in [1.29, 1.82) is 0 Å². The monoisotopic (exact) mass is 224 g/mol. The van der Waals surface area contributed by atoms with Gasteiger partial charge in [0.1, 0.15) is 5.69 Å². The van der Waals surface area contributed by atoms with Gasteiger partial charge in [-0.05, 0) is 13.8 Å². The molecule has 0 spiro atoms. The molecule has 86 valence electrons. The molecule has 0 amide bonds. The van der Waals surface area contributed by atoms with Crippen molar-refractivity contribution in [3.8, 4) is 0 Å². The van der Waals surface area contributed by atoms with Crippen molar-refractivity contribution in [3.63, 3.8) is 0 Å². The summed E-state index contributed by atoms with van der Waals surface area (Å²) in [5, 5.41) is 17.6. The Hall–Kier alpha value is -2.38. The standard InChI is InChI=1S/C8H11N5O3/c1-3-5(7(15)16)11-13-8-9-6(14)4(2)10-12-8/h3,11H,1-2H3,(H,15,16)(H2,9,12,13,14)/p-1. The molecular weight excluding hydrogens is 214 g/mol. The van der Waals surface area contributed by atoms with Crippen molar-refractivity contribution in [2.45, 2.75) is 13.8 Å². The number of aliphatic carboxylic acids is 1. The Kier molecular flexibility index (Phi) is 3.59. The van der Waals surface area contributed by atoms with Crippen LogP contribution in [0.4, 0.5) is 5.95 Å². The zero-order valence-electron chi connectivity index (χ0n) is 8.70. The van der Waals surface area contributed by atoms with Crippen molar-refractivity contribution < 1.29 is 9.90 Å². The fourth-order valence-corrected chi connectivity index (χ4v) is 0.817. The van der Waals surface area contributed by atoms with E-state index in [0.29, 0.717) is 0 Å². The molecule has 0 saturated heterocycles. The van der Waals surface area contributed by atoms with Gasteiger partial charge >= 0.3 is 0 Å². The first-order chi connectivity index (χ1) is 7.54. The number of nitrogens with one attached hydrogen (secondary N) is 3. The molecule has 0 bridgehead atoms. The average Bonchev–Trinajstić information content (AvgIpc) is 2.23. The number of hydrogen-bond acceptors (Lipinski definition) is 7. The first kappa shape index (κ1) is 11.7. The van der Waals surface area contributed by atoms with Gasteiger partial charge in [-0.1, -0.05) is 6.08 Å². The molecule has 0 aliphatic rings. The predicted molar refractivity (Wildman–Crippen MR) is 52.9 cm³/mol. The van der Waals surface area contributed by atoms with Crippen molar-refractivity contribution in [2.75, 3.05) is 5.43 Å². The van der Waals surface area contributed by atoms with E-state index in [1.54, 1.807) is 0 Å². The molecule has 1 rings (SSSR count). The van der Waals surface area contributed by atoms with Gasteiger partial charge in [0.2, 0.25) is 5.95 Å². The Morgan fingerprint density at radius 3 is 2.69 bits per heavy atom. The van der Waals surface area contributed by atoms with E-state index in [1.165, 1.54) is 19.9 Å². The summed E-state index contributed by atoms with van der Waals surface area (Å²) >= 11 is 0. The van der Waals surface area contributed by atoms with Gasteiger partial charge in [-0.25, -0.2) is 0 Å². The van der Waals surface area contributed by atoms with Gasteiger partial charge in [0.05, 0.1) is 11.7 Å². The van der Waals surface area contributed by atoms with E-state index in [2.05, 4.69) is 26.0 Å². The maximum Gasteiger partial charge on any atom is 0.274 e. The fraction of sp³-hybridized carbons (Fsp3) is 0.250. The Balaban J connectivity index is 2.72. The quantitative estimate of drug-likeness (QED) is 0.401. The van der Waals surface area contributed by atoms with Crippen LogP contribution in [0.1, 0.15) is 12.6 Å². The number of anilines is 1. The number of carboxylic acid groups (broad SMARTS) is 1. The van der Waals surface area contributed by atoms with E-state index < -0.39 is 11.5 Å². The molecule has 0 atom stereocenters. The van der Waals surface area contributed by atoms with Gasteiger partial charge in [0.25, 0.3) is 5.56 Å². The largest absolute Gasteiger partial charge is 0.543 e.